The Morgan fingerprint density at radius 1 is 0.962 bits per heavy atom. The Hall–Kier alpha value is -2.80. The summed E-state index contributed by atoms with van der Waals surface area (Å²) in [7, 11) is 4.81. The molecule has 0 saturated carbocycles. The predicted molar refractivity (Wildman–Crippen MR) is 103 cm³/mol. The molecule has 136 valence electrons. The van der Waals surface area contributed by atoms with Gasteiger partial charge in [-0.2, -0.15) is 9.36 Å². The second-order valence-electron chi connectivity index (χ2n) is 5.61. The minimum absolute atomic E-state index is 0.0136. The summed E-state index contributed by atoms with van der Waals surface area (Å²) >= 11 is 1.34. The molecule has 2 aromatic carbocycles. The molecule has 26 heavy (non-hydrogen) atoms. The number of methoxy groups -OCH3 is 3. The van der Waals surface area contributed by atoms with Crippen LogP contribution < -0.4 is 19.5 Å². The highest BCUT2D eigenvalue weighted by molar-refractivity contribution is 7.09. The first-order chi connectivity index (χ1) is 12.7. The van der Waals surface area contributed by atoms with Crippen LogP contribution in [-0.2, 0) is 0 Å². The molecule has 0 aliphatic carbocycles. The van der Waals surface area contributed by atoms with Gasteiger partial charge in [0.15, 0.2) is 17.3 Å². The van der Waals surface area contributed by atoms with Crippen LogP contribution in [0.4, 0.5) is 5.13 Å². The highest BCUT2D eigenvalue weighted by Crippen LogP contribution is 2.40. The van der Waals surface area contributed by atoms with Gasteiger partial charge >= 0.3 is 0 Å². The Balaban J connectivity index is 1.82. The number of benzene rings is 2. The third-order valence-corrected chi connectivity index (χ3v) is 4.63. The molecule has 1 heterocycles. The number of hydrogen-bond donors (Lipinski definition) is 1. The Morgan fingerprint density at radius 3 is 2.19 bits per heavy atom. The van der Waals surface area contributed by atoms with E-state index in [-0.39, 0.29) is 6.04 Å². The van der Waals surface area contributed by atoms with E-state index < -0.39 is 0 Å². The number of rotatable bonds is 7. The van der Waals surface area contributed by atoms with E-state index in [9.17, 15) is 0 Å². The lowest BCUT2D eigenvalue weighted by Crippen LogP contribution is -2.07. The molecule has 0 amide bonds. The molecule has 1 atom stereocenters. The minimum Gasteiger partial charge on any atom is -0.493 e. The van der Waals surface area contributed by atoms with Gasteiger partial charge in [0, 0.05) is 17.1 Å². The van der Waals surface area contributed by atoms with Crippen LogP contribution in [0.25, 0.3) is 11.4 Å². The molecule has 0 aliphatic rings. The van der Waals surface area contributed by atoms with Gasteiger partial charge < -0.3 is 19.5 Å². The zero-order valence-corrected chi connectivity index (χ0v) is 16.0. The maximum atomic E-state index is 5.42. The average Bonchev–Trinajstić information content (AvgIpc) is 3.15. The molecule has 0 bridgehead atoms. The minimum atomic E-state index is -0.0136. The predicted octanol–water partition coefficient (Wildman–Crippen LogP) is 4.40. The Kier molecular flexibility index (Phi) is 5.58. The largest absolute Gasteiger partial charge is 0.493 e. The van der Waals surface area contributed by atoms with Gasteiger partial charge in [0.1, 0.15) is 0 Å². The van der Waals surface area contributed by atoms with Crippen LogP contribution in [0.5, 0.6) is 17.2 Å². The quantitative estimate of drug-likeness (QED) is 0.664. The Labute approximate surface area is 156 Å². The third kappa shape index (κ3) is 3.72. The molecule has 0 aliphatic heterocycles. The topological polar surface area (TPSA) is 65.5 Å². The molecule has 0 fully saturated rings. The molecular weight excluding hydrogens is 350 g/mol. The summed E-state index contributed by atoms with van der Waals surface area (Å²) in [5.74, 6) is 2.54. The van der Waals surface area contributed by atoms with E-state index in [1.807, 2.05) is 49.4 Å². The molecule has 7 heteroatoms. The van der Waals surface area contributed by atoms with E-state index >= 15 is 0 Å². The number of aromatic nitrogens is 2. The van der Waals surface area contributed by atoms with E-state index in [0.717, 1.165) is 22.1 Å². The second-order valence-corrected chi connectivity index (χ2v) is 6.37. The van der Waals surface area contributed by atoms with Crippen molar-refractivity contribution >= 4 is 16.7 Å². The van der Waals surface area contributed by atoms with Crippen LogP contribution in [0, 0.1) is 0 Å². The summed E-state index contributed by atoms with van der Waals surface area (Å²) < 4.78 is 20.6. The van der Waals surface area contributed by atoms with Gasteiger partial charge in [0.2, 0.25) is 10.9 Å². The molecule has 0 spiro atoms. The van der Waals surface area contributed by atoms with Crippen LogP contribution in [0.15, 0.2) is 42.5 Å². The molecular formula is C19H21N3O3S. The van der Waals surface area contributed by atoms with Gasteiger partial charge in [-0.25, -0.2) is 0 Å². The maximum Gasteiger partial charge on any atom is 0.203 e. The normalized spacial score (nSPS) is 11.7. The summed E-state index contributed by atoms with van der Waals surface area (Å²) in [5.41, 5.74) is 1.99. The fraction of sp³-hybridized carbons (Fsp3) is 0.263. The van der Waals surface area contributed by atoms with Crippen molar-refractivity contribution in [1.29, 1.82) is 0 Å². The first kappa shape index (κ1) is 18.0. The molecule has 1 unspecified atom stereocenters. The monoisotopic (exact) mass is 371 g/mol. The lowest BCUT2D eigenvalue weighted by atomic mass is 10.1. The van der Waals surface area contributed by atoms with Gasteiger partial charge in [-0.1, -0.05) is 30.3 Å². The Morgan fingerprint density at radius 2 is 1.62 bits per heavy atom. The first-order valence-electron chi connectivity index (χ1n) is 8.11. The molecule has 1 aromatic heterocycles. The summed E-state index contributed by atoms with van der Waals surface area (Å²) in [6, 6.07) is 13.8. The molecule has 0 saturated heterocycles. The van der Waals surface area contributed by atoms with Gasteiger partial charge in [-0.3, -0.25) is 0 Å². The molecule has 3 rings (SSSR count). The van der Waals surface area contributed by atoms with Crippen molar-refractivity contribution in [3.8, 4) is 28.6 Å². The van der Waals surface area contributed by atoms with Crippen LogP contribution in [0.1, 0.15) is 18.5 Å². The van der Waals surface area contributed by atoms with E-state index in [0.29, 0.717) is 17.2 Å². The zero-order valence-electron chi connectivity index (χ0n) is 15.1. The first-order valence-corrected chi connectivity index (χ1v) is 8.89. The van der Waals surface area contributed by atoms with Crippen LogP contribution in [-0.4, -0.2) is 30.7 Å². The Bertz CT molecular complexity index is 842. The van der Waals surface area contributed by atoms with Crippen molar-refractivity contribution in [2.24, 2.45) is 0 Å². The highest BCUT2D eigenvalue weighted by atomic mass is 32.1. The number of nitrogens with one attached hydrogen (secondary N) is 1. The highest BCUT2D eigenvalue weighted by Gasteiger charge is 2.17. The van der Waals surface area contributed by atoms with Crippen LogP contribution >= 0.6 is 11.5 Å². The second kappa shape index (κ2) is 8.05. The van der Waals surface area contributed by atoms with Crippen molar-refractivity contribution < 1.29 is 14.2 Å². The standard InChI is InChI=1S/C19H21N3O3S/c1-12(14-10-15(23-2)17(25-4)16(11-14)24-3)20-19-21-18(22-26-19)13-8-6-5-7-9-13/h5-12H,1-4H3,(H,20,21,22). The van der Waals surface area contributed by atoms with Crippen molar-refractivity contribution in [2.45, 2.75) is 13.0 Å². The fourth-order valence-electron chi connectivity index (χ4n) is 2.61. The number of hydrogen-bond acceptors (Lipinski definition) is 7. The van der Waals surface area contributed by atoms with Gasteiger partial charge in [0.05, 0.1) is 27.4 Å². The van der Waals surface area contributed by atoms with Crippen molar-refractivity contribution in [1.82, 2.24) is 9.36 Å². The van der Waals surface area contributed by atoms with E-state index in [4.69, 9.17) is 14.2 Å². The zero-order chi connectivity index (χ0) is 18.5. The summed E-state index contributed by atoms with van der Waals surface area (Å²) in [5, 5.41) is 4.14. The molecule has 3 aromatic rings. The van der Waals surface area contributed by atoms with Crippen molar-refractivity contribution in [3.05, 3.63) is 48.0 Å². The average molecular weight is 371 g/mol. The maximum absolute atomic E-state index is 5.42. The van der Waals surface area contributed by atoms with Crippen LogP contribution in [0.2, 0.25) is 0 Å². The molecule has 1 N–H and O–H groups in total. The van der Waals surface area contributed by atoms with E-state index in [1.54, 1.807) is 21.3 Å². The van der Waals surface area contributed by atoms with E-state index in [1.165, 1.54) is 11.5 Å². The third-order valence-electron chi connectivity index (χ3n) is 3.99. The SMILES string of the molecule is COc1cc(C(C)Nc2nc(-c3ccccc3)ns2)cc(OC)c1OC. The van der Waals surface area contributed by atoms with Crippen LogP contribution in [0.3, 0.4) is 0 Å². The van der Waals surface area contributed by atoms with Crippen molar-refractivity contribution in [3.63, 3.8) is 0 Å². The van der Waals surface area contributed by atoms with E-state index in [2.05, 4.69) is 14.7 Å². The lowest BCUT2D eigenvalue weighted by molar-refractivity contribution is 0.323. The number of anilines is 1. The summed E-state index contributed by atoms with van der Waals surface area (Å²) in [4.78, 5) is 4.57. The van der Waals surface area contributed by atoms with Gasteiger partial charge in [-0.15, -0.1) is 0 Å². The summed E-state index contributed by atoms with van der Waals surface area (Å²) in [6.45, 7) is 2.05. The molecule has 6 nitrogen and oxygen atoms in total. The van der Waals surface area contributed by atoms with Gasteiger partial charge in [0.25, 0.3) is 0 Å². The lowest BCUT2D eigenvalue weighted by Gasteiger charge is -2.18. The summed E-state index contributed by atoms with van der Waals surface area (Å²) in [6.07, 6.45) is 0. The van der Waals surface area contributed by atoms with Crippen molar-refractivity contribution in [2.75, 3.05) is 26.6 Å². The van der Waals surface area contributed by atoms with Gasteiger partial charge in [-0.05, 0) is 24.6 Å². The fourth-order valence-corrected chi connectivity index (χ4v) is 3.28. The number of nitrogens with zero attached hydrogens (tertiary/aromatic N) is 2. The number of ether oxygens (including phenoxy) is 3. The molecule has 0 radical (unpaired) electrons. The smallest absolute Gasteiger partial charge is 0.203 e.